The number of hydrogen-bond donors (Lipinski definition) is 1. The highest BCUT2D eigenvalue weighted by molar-refractivity contribution is 6.03. The summed E-state index contributed by atoms with van der Waals surface area (Å²) in [6, 6.07) is 12.0. The molecule has 6 heteroatoms. The maximum Gasteiger partial charge on any atom is 0.287 e. The molecule has 22 heavy (non-hydrogen) atoms. The first-order valence-corrected chi connectivity index (χ1v) is 6.68. The van der Waals surface area contributed by atoms with Gasteiger partial charge < -0.3 is 5.32 Å². The Morgan fingerprint density at radius 2 is 1.91 bits per heavy atom. The van der Waals surface area contributed by atoms with Crippen molar-refractivity contribution in [1.82, 2.24) is 4.98 Å². The van der Waals surface area contributed by atoms with E-state index in [0.717, 1.165) is 5.56 Å². The van der Waals surface area contributed by atoms with E-state index in [4.69, 9.17) is 0 Å². The molecule has 3 rings (SSSR count). The molecule has 2 heterocycles. The lowest BCUT2D eigenvalue weighted by atomic mass is 10.0. The van der Waals surface area contributed by atoms with Gasteiger partial charge in [-0.2, -0.15) is 5.11 Å². The van der Waals surface area contributed by atoms with Crippen molar-refractivity contribution in [3.05, 3.63) is 72.1 Å². The predicted molar refractivity (Wildman–Crippen MR) is 80.4 cm³/mol. The lowest BCUT2D eigenvalue weighted by Crippen LogP contribution is -2.15. The summed E-state index contributed by atoms with van der Waals surface area (Å²) in [5.74, 6) is -0.688. The van der Waals surface area contributed by atoms with Gasteiger partial charge in [0.15, 0.2) is 0 Å². The number of benzene rings is 1. The minimum Gasteiger partial charge on any atom is -0.320 e. The fourth-order valence-electron chi connectivity index (χ4n) is 2.08. The van der Waals surface area contributed by atoms with Crippen LogP contribution in [0.25, 0.3) is 0 Å². The molecule has 1 N–H and O–H groups in total. The minimum absolute atomic E-state index is 0.305. The summed E-state index contributed by atoms with van der Waals surface area (Å²) in [7, 11) is 0. The van der Waals surface area contributed by atoms with Crippen molar-refractivity contribution < 1.29 is 9.59 Å². The van der Waals surface area contributed by atoms with E-state index in [9.17, 15) is 9.59 Å². The van der Waals surface area contributed by atoms with E-state index < -0.39 is 6.04 Å². The molecule has 0 fully saturated rings. The fraction of sp³-hybridized carbons (Fsp3) is 0.0625. The van der Waals surface area contributed by atoms with E-state index in [1.165, 1.54) is 6.08 Å². The highest BCUT2D eigenvalue weighted by atomic mass is 16.2. The average molecular weight is 292 g/mol. The van der Waals surface area contributed by atoms with Crippen molar-refractivity contribution in [1.29, 1.82) is 0 Å². The fourth-order valence-corrected chi connectivity index (χ4v) is 2.08. The second-order valence-corrected chi connectivity index (χ2v) is 4.61. The van der Waals surface area contributed by atoms with Gasteiger partial charge >= 0.3 is 0 Å². The van der Waals surface area contributed by atoms with E-state index in [0.29, 0.717) is 11.4 Å². The van der Waals surface area contributed by atoms with Crippen molar-refractivity contribution in [2.24, 2.45) is 10.2 Å². The summed E-state index contributed by atoms with van der Waals surface area (Å²) in [5.41, 5.74) is 1.70. The number of nitrogens with one attached hydrogen (secondary N) is 1. The topological polar surface area (TPSA) is 83.8 Å². The number of carbonyl (C=O) groups is 2. The minimum atomic E-state index is -0.391. The van der Waals surface area contributed by atoms with Gasteiger partial charge in [0.1, 0.15) is 11.7 Å². The lowest BCUT2D eigenvalue weighted by Gasteiger charge is -2.15. The van der Waals surface area contributed by atoms with Crippen LogP contribution in [-0.4, -0.2) is 16.8 Å². The van der Waals surface area contributed by atoms with Crippen LogP contribution in [0.15, 0.2) is 71.0 Å². The maximum atomic E-state index is 12.2. The van der Waals surface area contributed by atoms with Gasteiger partial charge in [0.2, 0.25) is 0 Å². The number of hydrogen-bond acceptors (Lipinski definition) is 4. The molecule has 2 aromatic rings. The predicted octanol–water partition coefficient (Wildman–Crippen LogP) is 2.92. The molecule has 0 radical (unpaired) electrons. The van der Waals surface area contributed by atoms with Crippen molar-refractivity contribution in [3.8, 4) is 0 Å². The summed E-state index contributed by atoms with van der Waals surface area (Å²) in [6.07, 6.45) is 4.58. The first-order chi connectivity index (χ1) is 10.7. The van der Waals surface area contributed by atoms with Gasteiger partial charge in [0.05, 0.1) is 0 Å². The molecule has 1 aliphatic rings. The van der Waals surface area contributed by atoms with E-state index in [2.05, 4.69) is 20.5 Å². The Morgan fingerprint density at radius 1 is 1.09 bits per heavy atom. The molecule has 0 bridgehead atoms. The molecule has 2 amide bonds. The monoisotopic (exact) mass is 292 g/mol. The van der Waals surface area contributed by atoms with E-state index in [1.807, 2.05) is 18.2 Å². The van der Waals surface area contributed by atoms with Gasteiger partial charge in [-0.05, 0) is 24.3 Å². The standard InChI is InChI=1S/C16H12N4O2/c21-15-9-8-13(19-20-15)11-5-1-2-6-12(11)18-16(22)14-7-3-4-10-17-14/h1-10,13H,(H,18,22). The zero-order valence-electron chi connectivity index (χ0n) is 11.5. The molecule has 1 atom stereocenters. The Morgan fingerprint density at radius 3 is 2.64 bits per heavy atom. The summed E-state index contributed by atoms with van der Waals surface area (Å²) < 4.78 is 0. The second kappa shape index (κ2) is 6.09. The van der Waals surface area contributed by atoms with Crippen LogP contribution in [0.1, 0.15) is 22.1 Å². The van der Waals surface area contributed by atoms with Gasteiger partial charge in [-0.3, -0.25) is 14.6 Å². The van der Waals surface area contributed by atoms with Crippen molar-refractivity contribution >= 4 is 17.5 Å². The highest BCUT2D eigenvalue weighted by Gasteiger charge is 2.17. The zero-order chi connectivity index (χ0) is 15.4. The Balaban J connectivity index is 1.86. The van der Waals surface area contributed by atoms with E-state index in [1.54, 1.807) is 36.5 Å². The van der Waals surface area contributed by atoms with Crippen LogP contribution < -0.4 is 5.32 Å². The summed E-state index contributed by atoms with van der Waals surface area (Å²) >= 11 is 0. The Kier molecular flexibility index (Phi) is 3.82. The number of anilines is 1. The Bertz CT molecular complexity index is 753. The normalized spacial score (nSPS) is 16.5. The second-order valence-electron chi connectivity index (χ2n) is 4.61. The third-order valence-electron chi connectivity index (χ3n) is 3.13. The van der Waals surface area contributed by atoms with Crippen LogP contribution in [0.3, 0.4) is 0 Å². The van der Waals surface area contributed by atoms with Crippen LogP contribution >= 0.6 is 0 Å². The third kappa shape index (κ3) is 2.95. The molecule has 0 spiro atoms. The molecule has 108 valence electrons. The van der Waals surface area contributed by atoms with Crippen LogP contribution in [-0.2, 0) is 4.79 Å². The van der Waals surface area contributed by atoms with Crippen molar-refractivity contribution in [3.63, 3.8) is 0 Å². The van der Waals surface area contributed by atoms with Crippen molar-refractivity contribution in [2.75, 3.05) is 5.32 Å². The SMILES string of the molecule is O=C1C=CC(c2ccccc2NC(=O)c2ccccn2)N=N1. The number of nitrogens with zero attached hydrogens (tertiary/aromatic N) is 3. The van der Waals surface area contributed by atoms with E-state index >= 15 is 0 Å². The number of rotatable bonds is 3. The zero-order valence-corrected chi connectivity index (χ0v) is 11.5. The smallest absolute Gasteiger partial charge is 0.287 e. The molecule has 0 saturated carbocycles. The number of carbonyl (C=O) groups excluding carboxylic acids is 2. The molecule has 1 aliphatic heterocycles. The molecular weight excluding hydrogens is 280 g/mol. The van der Waals surface area contributed by atoms with Gasteiger partial charge in [-0.25, -0.2) is 0 Å². The quantitative estimate of drug-likeness (QED) is 0.944. The van der Waals surface area contributed by atoms with Crippen LogP contribution in [0.2, 0.25) is 0 Å². The number of azo groups is 1. The van der Waals surface area contributed by atoms with Crippen LogP contribution in [0.4, 0.5) is 5.69 Å². The molecule has 6 nitrogen and oxygen atoms in total. The van der Waals surface area contributed by atoms with Gasteiger partial charge in [0.25, 0.3) is 11.8 Å². The molecular formula is C16H12N4O2. The Hall–Kier alpha value is -3.15. The third-order valence-corrected chi connectivity index (χ3v) is 3.13. The van der Waals surface area contributed by atoms with Gasteiger partial charge in [0, 0.05) is 23.5 Å². The Labute approximate surface area is 126 Å². The maximum absolute atomic E-state index is 12.2. The molecule has 0 aliphatic carbocycles. The van der Waals surface area contributed by atoms with Gasteiger partial charge in [-0.15, -0.1) is 5.11 Å². The number of pyridine rings is 1. The van der Waals surface area contributed by atoms with Gasteiger partial charge in [-0.1, -0.05) is 24.3 Å². The number of para-hydroxylation sites is 1. The highest BCUT2D eigenvalue weighted by Crippen LogP contribution is 2.29. The largest absolute Gasteiger partial charge is 0.320 e. The summed E-state index contributed by atoms with van der Waals surface area (Å²) in [4.78, 5) is 27.3. The lowest BCUT2D eigenvalue weighted by molar-refractivity contribution is -0.114. The van der Waals surface area contributed by atoms with E-state index in [-0.39, 0.29) is 11.8 Å². The number of aromatic nitrogens is 1. The van der Waals surface area contributed by atoms with Crippen LogP contribution in [0.5, 0.6) is 0 Å². The molecule has 1 unspecified atom stereocenters. The average Bonchev–Trinajstić information content (AvgIpc) is 2.57. The first-order valence-electron chi connectivity index (χ1n) is 6.68. The van der Waals surface area contributed by atoms with Crippen LogP contribution in [0, 0.1) is 0 Å². The molecule has 0 saturated heterocycles. The molecule has 1 aromatic carbocycles. The van der Waals surface area contributed by atoms with Crippen molar-refractivity contribution in [2.45, 2.75) is 6.04 Å². The summed E-state index contributed by atoms with van der Waals surface area (Å²) in [6.45, 7) is 0. The number of amides is 2. The first kappa shape index (κ1) is 13.8. The molecule has 1 aromatic heterocycles. The summed E-state index contributed by atoms with van der Waals surface area (Å²) in [5, 5.41) is 10.3.